The van der Waals surface area contributed by atoms with Gasteiger partial charge < -0.3 is 14.3 Å². The summed E-state index contributed by atoms with van der Waals surface area (Å²) in [7, 11) is 0. The number of aliphatic hydroxyl groups excluding tert-OH is 1. The maximum Gasteiger partial charge on any atom is 0.317 e. The van der Waals surface area contributed by atoms with Gasteiger partial charge in [0.1, 0.15) is 48.4 Å². The third-order valence-corrected chi connectivity index (χ3v) is 12.3. The zero-order chi connectivity index (χ0) is 30.5. The molecule has 5 aliphatic rings. The molecule has 5 aliphatic heterocycles. The van der Waals surface area contributed by atoms with Gasteiger partial charge in [0.15, 0.2) is 5.82 Å². The van der Waals surface area contributed by atoms with E-state index in [0.29, 0.717) is 53.1 Å². The number of aliphatic hydroxyl groups is 1. The van der Waals surface area contributed by atoms with E-state index >= 15 is 4.39 Å². The van der Waals surface area contributed by atoms with Crippen LogP contribution in [0.1, 0.15) is 50.6 Å². The third kappa shape index (κ3) is 4.26. The van der Waals surface area contributed by atoms with Crippen LogP contribution >= 0.6 is 11.6 Å². The number of ether oxygens (including phenoxy) is 1. The second-order valence-electron chi connectivity index (χ2n) is 14.3. The van der Waals surface area contributed by atoms with Gasteiger partial charge in [0.05, 0.1) is 18.1 Å². The summed E-state index contributed by atoms with van der Waals surface area (Å²) in [5.41, 5.74) is 1.27. The van der Waals surface area contributed by atoms with Gasteiger partial charge in [0.25, 0.3) is 0 Å². The van der Waals surface area contributed by atoms with Crippen molar-refractivity contribution in [2.75, 3.05) is 26.2 Å². The van der Waals surface area contributed by atoms with E-state index in [1.54, 1.807) is 12.3 Å². The first-order valence-corrected chi connectivity index (χ1v) is 16.8. The molecule has 5 fully saturated rings. The Balaban J connectivity index is 1.17. The topological polar surface area (TPSA) is 71.4 Å². The smallest absolute Gasteiger partial charge is 0.317 e. The van der Waals surface area contributed by atoms with E-state index < -0.39 is 12.0 Å². The van der Waals surface area contributed by atoms with Gasteiger partial charge in [-0.15, -0.1) is 0 Å². The predicted octanol–water partition coefficient (Wildman–Crippen LogP) is 6.23. The van der Waals surface area contributed by atoms with Crippen LogP contribution in [0.25, 0.3) is 32.9 Å². The van der Waals surface area contributed by atoms with Crippen LogP contribution in [0.5, 0.6) is 6.01 Å². The average Bonchev–Trinajstić information content (AvgIpc) is 3.71. The molecule has 2 aromatic carbocycles. The standard InChI is InChI=1S/C35H37ClF2N5O2/c36-26-7-2-5-21-4-1-6-24(30(21)26)32-31(38)33-25(15-39-32)27(18-43-17-20-8-9-23(43)13-29(44)28(43)12-20)40-34(41-33)45-19-35-10-3-11-42(35)16-22(37)14-35/h1-2,4-7,15,20,22-23,28-29,44H,3,8-14,16-19H2/q+1/t20?,22-,23+,28-,29-,35+,43?/m1/s1. The summed E-state index contributed by atoms with van der Waals surface area (Å²) in [6.07, 6.45) is 6.89. The third-order valence-electron chi connectivity index (χ3n) is 12.0. The molecule has 7 atom stereocenters. The highest BCUT2D eigenvalue weighted by molar-refractivity contribution is 6.36. The molecule has 9 rings (SSSR count). The Morgan fingerprint density at radius 3 is 2.89 bits per heavy atom. The van der Waals surface area contributed by atoms with Crippen LogP contribution < -0.4 is 4.74 Å². The lowest BCUT2D eigenvalue weighted by atomic mass is 9.89. The summed E-state index contributed by atoms with van der Waals surface area (Å²) in [4.78, 5) is 16.5. The van der Waals surface area contributed by atoms with Crippen molar-refractivity contribution in [3.05, 3.63) is 59.1 Å². The molecule has 7 nitrogen and oxygen atoms in total. The first-order valence-electron chi connectivity index (χ1n) is 16.4. The predicted molar refractivity (Wildman–Crippen MR) is 168 cm³/mol. The first kappa shape index (κ1) is 28.3. The molecule has 234 valence electrons. The summed E-state index contributed by atoms with van der Waals surface area (Å²) in [5, 5.41) is 13.8. The Morgan fingerprint density at radius 2 is 2.00 bits per heavy atom. The second kappa shape index (κ2) is 10.3. The number of pyridine rings is 1. The molecule has 0 amide bonds. The molecular weight excluding hydrogens is 596 g/mol. The second-order valence-corrected chi connectivity index (χ2v) is 14.7. The van der Waals surface area contributed by atoms with Crippen molar-refractivity contribution in [3.63, 3.8) is 0 Å². The number of alkyl halides is 1. The lowest BCUT2D eigenvalue weighted by Crippen LogP contribution is -2.55. The number of piperidine rings is 1. The molecule has 2 aromatic heterocycles. The zero-order valence-electron chi connectivity index (χ0n) is 25.1. The van der Waals surface area contributed by atoms with Crippen molar-refractivity contribution in [3.8, 4) is 17.3 Å². The van der Waals surface area contributed by atoms with Crippen molar-refractivity contribution in [1.82, 2.24) is 19.9 Å². The molecule has 5 saturated heterocycles. The van der Waals surface area contributed by atoms with Crippen molar-refractivity contribution in [2.45, 2.75) is 81.4 Å². The molecule has 7 heterocycles. The molecule has 10 heteroatoms. The van der Waals surface area contributed by atoms with E-state index in [1.807, 2.05) is 30.3 Å². The van der Waals surface area contributed by atoms with Crippen LogP contribution in [-0.2, 0) is 6.54 Å². The maximum atomic E-state index is 16.8. The summed E-state index contributed by atoms with van der Waals surface area (Å²) >= 11 is 6.63. The fourth-order valence-corrected chi connectivity index (χ4v) is 10.3. The summed E-state index contributed by atoms with van der Waals surface area (Å²) in [6.45, 7) is 3.13. The number of hydrogen-bond acceptors (Lipinski definition) is 6. The number of quaternary nitrogens is 1. The van der Waals surface area contributed by atoms with Crippen molar-refractivity contribution >= 4 is 33.3 Å². The largest absolute Gasteiger partial charge is 0.461 e. The molecule has 2 unspecified atom stereocenters. The number of rotatable bonds is 6. The molecule has 2 bridgehead atoms. The number of hydrogen-bond donors (Lipinski definition) is 1. The fourth-order valence-electron chi connectivity index (χ4n) is 10.0. The number of halogens is 3. The number of benzene rings is 2. The van der Waals surface area contributed by atoms with E-state index in [9.17, 15) is 9.50 Å². The average molecular weight is 633 g/mol. The van der Waals surface area contributed by atoms with Crippen LogP contribution in [0.3, 0.4) is 0 Å². The number of aromatic nitrogens is 3. The maximum absolute atomic E-state index is 16.8. The van der Waals surface area contributed by atoms with Crippen molar-refractivity contribution in [2.24, 2.45) is 5.92 Å². The van der Waals surface area contributed by atoms with E-state index in [-0.39, 0.29) is 41.5 Å². The summed E-state index contributed by atoms with van der Waals surface area (Å²) < 4.78 is 38.5. The van der Waals surface area contributed by atoms with Gasteiger partial charge in [-0.05, 0) is 37.3 Å². The number of nitrogens with zero attached hydrogens (tertiary/aromatic N) is 5. The van der Waals surface area contributed by atoms with E-state index in [0.717, 1.165) is 60.4 Å². The Labute approximate surface area is 265 Å². The molecule has 4 aromatic rings. The highest BCUT2D eigenvalue weighted by atomic mass is 35.5. The first-order chi connectivity index (χ1) is 21.8. The van der Waals surface area contributed by atoms with Crippen LogP contribution in [0.4, 0.5) is 8.78 Å². The van der Waals surface area contributed by atoms with Gasteiger partial charge in [0.2, 0.25) is 0 Å². The minimum absolute atomic E-state index is 0.117. The van der Waals surface area contributed by atoms with Crippen LogP contribution in [0, 0.1) is 11.7 Å². The van der Waals surface area contributed by atoms with E-state index in [2.05, 4.69) is 14.9 Å². The highest BCUT2D eigenvalue weighted by Crippen LogP contribution is 2.52. The zero-order valence-corrected chi connectivity index (χ0v) is 25.9. The van der Waals surface area contributed by atoms with Crippen LogP contribution in [-0.4, -0.2) is 85.6 Å². The van der Waals surface area contributed by atoms with Crippen LogP contribution in [0.15, 0.2) is 42.6 Å². The molecular formula is C35H37ClF2N5O2+. The summed E-state index contributed by atoms with van der Waals surface area (Å²) in [5.74, 6) is 0.0470. The van der Waals surface area contributed by atoms with Crippen molar-refractivity contribution in [1.29, 1.82) is 0 Å². The van der Waals surface area contributed by atoms with E-state index in [4.69, 9.17) is 21.3 Å². The highest BCUT2D eigenvalue weighted by Gasteiger charge is 2.62. The monoisotopic (exact) mass is 632 g/mol. The molecule has 45 heavy (non-hydrogen) atoms. The lowest BCUT2D eigenvalue weighted by molar-refractivity contribution is -0.967. The molecule has 0 saturated carbocycles. The fraction of sp³-hybridized carbons (Fsp3) is 0.514. The Hall–Kier alpha value is -2.98. The van der Waals surface area contributed by atoms with Crippen LogP contribution in [0.2, 0.25) is 5.02 Å². The number of fused-ring (bicyclic) bond motifs is 4. The minimum atomic E-state index is -0.875. The normalized spacial score (nSPS) is 33.8. The molecule has 0 radical (unpaired) electrons. The SMILES string of the molecule is O[C@@H]1C[C@@H]2CCC3C[C@H]1[N+]2(Cc1nc(OC[C@@]24CCCN2C[C@H](F)C4)nc2c(F)c(-c4cccc5cccc(Cl)c45)ncc12)C3. The van der Waals surface area contributed by atoms with Gasteiger partial charge in [-0.3, -0.25) is 9.88 Å². The van der Waals surface area contributed by atoms with Gasteiger partial charge >= 0.3 is 6.01 Å². The van der Waals surface area contributed by atoms with Gasteiger partial charge in [-0.2, -0.15) is 9.97 Å². The van der Waals surface area contributed by atoms with Crippen molar-refractivity contribution < 1.29 is 23.1 Å². The molecule has 1 N–H and O–H groups in total. The Kier molecular flexibility index (Phi) is 6.44. The Morgan fingerprint density at radius 1 is 1.13 bits per heavy atom. The minimum Gasteiger partial charge on any atom is -0.461 e. The lowest BCUT2D eigenvalue weighted by Gasteiger charge is -2.43. The van der Waals surface area contributed by atoms with Gasteiger partial charge in [0, 0.05) is 65.7 Å². The van der Waals surface area contributed by atoms with Gasteiger partial charge in [-0.25, -0.2) is 8.78 Å². The quantitative estimate of drug-likeness (QED) is 0.254. The van der Waals surface area contributed by atoms with Gasteiger partial charge in [-0.1, -0.05) is 41.9 Å². The summed E-state index contributed by atoms with van der Waals surface area (Å²) in [6, 6.07) is 11.9. The molecule has 0 spiro atoms. The molecule has 0 aliphatic carbocycles. The Bertz CT molecular complexity index is 1840. The van der Waals surface area contributed by atoms with E-state index in [1.165, 1.54) is 6.42 Å².